The molecule has 3 N–H and O–H groups in total. The number of allylic oxidation sites excluding steroid dienone is 1. The Labute approximate surface area is 200 Å². The smallest absolute Gasteiger partial charge is 0.416 e. The number of rotatable bonds is 6. The summed E-state index contributed by atoms with van der Waals surface area (Å²) in [4.78, 5) is 38.8. The van der Waals surface area contributed by atoms with Gasteiger partial charge >= 0.3 is 24.2 Å². The highest BCUT2D eigenvalue weighted by Crippen LogP contribution is 2.32. The van der Waals surface area contributed by atoms with Crippen molar-refractivity contribution in [1.82, 2.24) is 10.2 Å². The molecule has 186 valence electrons. The first kappa shape index (κ1) is 25.6. The van der Waals surface area contributed by atoms with Gasteiger partial charge in [0.05, 0.1) is 24.3 Å². The average molecular weight is 490 g/mol. The lowest BCUT2D eigenvalue weighted by Gasteiger charge is -2.35. The number of hydrogen-bond donors (Lipinski definition) is 3. The summed E-state index contributed by atoms with van der Waals surface area (Å²) in [7, 11) is 1.27. The van der Waals surface area contributed by atoms with Crippen LogP contribution in [0.15, 0.2) is 59.8 Å². The summed E-state index contributed by atoms with van der Waals surface area (Å²) < 4.78 is 42.9. The number of carbonyl (C=O) groups is 3. The zero-order valence-electron chi connectivity index (χ0n) is 19.3. The molecule has 35 heavy (non-hydrogen) atoms. The molecule has 1 aliphatic heterocycles. The minimum atomic E-state index is -4.46. The van der Waals surface area contributed by atoms with Crippen LogP contribution in [0.5, 0.6) is 0 Å². The molecule has 1 unspecified atom stereocenters. The molecule has 0 fully saturated rings. The third-order valence-electron chi connectivity index (χ3n) is 5.42. The number of amides is 4. The number of hydrogen-bond acceptors (Lipinski definition) is 4. The first-order chi connectivity index (χ1) is 16.5. The lowest BCUT2D eigenvalue weighted by molar-refractivity contribution is -0.138. The molecular weight excluding hydrogens is 465 g/mol. The molecule has 0 aromatic heterocycles. The van der Waals surface area contributed by atoms with Gasteiger partial charge in [-0.3, -0.25) is 4.90 Å². The maximum absolute atomic E-state index is 12.7. The highest BCUT2D eigenvalue weighted by atomic mass is 19.4. The van der Waals surface area contributed by atoms with Gasteiger partial charge in [0, 0.05) is 23.6 Å². The number of anilines is 2. The average Bonchev–Trinajstić information content (AvgIpc) is 2.81. The number of benzene rings is 2. The van der Waals surface area contributed by atoms with E-state index in [9.17, 15) is 27.6 Å². The first-order valence-corrected chi connectivity index (χ1v) is 10.8. The third kappa shape index (κ3) is 5.92. The molecule has 2 aromatic carbocycles. The van der Waals surface area contributed by atoms with E-state index < -0.39 is 29.8 Å². The van der Waals surface area contributed by atoms with Gasteiger partial charge in [-0.15, -0.1) is 0 Å². The molecular formula is C24H25F3N4O4. The number of methoxy groups -OCH3 is 1. The molecule has 0 aliphatic carbocycles. The summed E-state index contributed by atoms with van der Waals surface area (Å²) in [6, 6.07) is 8.78. The number of halogens is 3. The fourth-order valence-electron chi connectivity index (χ4n) is 3.69. The van der Waals surface area contributed by atoms with E-state index in [1.54, 1.807) is 31.2 Å². The number of nitrogens with one attached hydrogen (secondary N) is 3. The van der Waals surface area contributed by atoms with Crippen LogP contribution in [-0.2, 0) is 15.7 Å². The molecule has 0 saturated carbocycles. The van der Waals surface area contributed by atoms with Crippen molar-refractivity contribution in [3.8, 4) is 0 Å². The molecule has 8 nitrogen and oxygen atoms in total. The Balaban J connectivity index is 1.73. The molecule has 4 amide bonds. The lowest BCUT2D eigenvalue weighted by Crippen LogP contribution is -2.48. The number of urea groups is 2. The van der Waals surface area contributed by atoms with Gasteiger partial charge < -0.3 is 20.7 Å². The highest BCUT2D eigenvalue weighted by molar-refractivity contribution is 6.00. The van der Waals surface area contributed by atoms with Gasteiger partial charge in [-0.1, -0.05) is 19.1 Å². The van der Waals surface area contributed by atoms with Gasteiger partial charge in [0.15, 0.2) is 0 Å². The molecule has 2 aromatic rings. The van der Waals surface area contributed by atoms with Crippen molar-refractivity contribution in [2.24, 2.45) is 0 Å². The second kappa shape index (κ2) is 10.5. The van der Waals surface area contributed by atoms with Crippen LogP contribution in [0.1, 0.15) is 37.4 Å². The van der Waals surface area contributed by atoms with Gasteiger partial charge in [0.25, 0.3) is 0 Å². The first-order valence-electron chi connectivity index (χ1n) is 10.8. The topological polar surface area (TPSA) is 99.8 Å². The molecule has 0 spiro atoms. The van der Waals surface area contributed by atoms with Crippen molar-refractivity contribution in [2.45, 2.75) is 32.5 Å². The predicted octanol–water partition coefficient (Wildman–Crippen LogP) is 5.27. The Bertz CT molecular complexity index is 1130. The zero-order chi connectivity index (χ0) is 25.8. The largest absolute Gasteiger partial charge is 0.466 e. The maximum Gasteiger partial charge on any atom is 0.416 e. The number of alkyl halides is 3. The number of nitrogens with zero attached hydrogens (tertiary/aromatic N) is 1. The Morgan fingerprint density at radius 2 is 1.57 bits per heavy atom. The van der Waals surface area contributed by atoms with Crippen molar-refractivity contribution in [2.75, 3.05) is 24.3 Å². The van der Waals surface area contributed by atoms with Crippen LogP contribution in [0.3, 0.4) is 0 Å². The van der Waals surface area contributed by atoms with E-state index in [1.165, 1.54) is 12.0 Å². The number of carbonyl (C=O) groups excluding carboxylic acids is 3. The Kier molecular flexibility index (Phi) is 7.68. The maximum atomic E-state index is 12.7. The minimum Gasteiger partial charge on any atom is -0.466 e. The van der Waals surface area contributed by atoms with Gasteiger partial charge in [0.1, 0.15) is 0 Å². The second-order valence-corrected chi connectivity index (χ2v) is 7.80. The summed E-state index contributed by atoms with van der Waals surface area (Å²) in [6.45, 7) is 4.06. The SMILES string of the molecule is CCCN1C(=O)NC(c2ccc(NC(=O)Nc3ccc(C(F)(F)F)cc3)cc2)C(C(=O)OC)=C1C. The van der Waals surface area contributed by atoms with Crippen LogP contribution >= 0.6 is 0 Å². The zero-order valence-corrected chi connectivity index (χ0v) is 19.3. The Morgan fingerprint density at radius 3 is 2.06 bits per heavy atom. The van der Waals surface area contributed by atoms with Crippen molar-refractivity contribution < 1.29 is 32.3 Å². The van der Waals surface area contributed by atoms with Crippen molar-refractivity contribution in [1.29, 1.82) is 0 Å². The monoisotopic (exact) mass is 490 g/mol. The van der Waals surface area contributed by atoms with Crippen LogP contribution < -0.4 is 16.0 Å². The van der Waals surface area contributed by atoms with Crippen LogP contribution in [0.2, 0.25) is 0 Å². The molecule has 1 atom stereocenters. The normalized spacial score (nSPS) is 16.0. The van der Waals surface area contributed by atoms with E-state index in [-0.39, 0.29) is 11.7 Å². The van der Waals surface area contributed by atoms with Crippen LogP contribution in [-0.4, -0.2) is 36.6 Å². The van der Waals surface area contributed by atoms with Crippen molar-refractivity contribution >= 4 is 29.4 Å². The van der Waals surface area contributed by atoms with Gasteiger partial charge in [-0.2, -0.15) is 13.2 Å². The Morgan fingerprint density at radius 1 is 1.03 bits per heavy atom. The van der Waals surface area contributed by atoms with E-state index in [4.69, 9.17) is 4.74 Å². The Hall–Kier alpha value is -4.02. The fourth-order valence-corrected chi connectivity index (χ4v) is 3.69. The quantitative estimate of drug-likeness (QED) is 0.480. The van der Waals surface area contributed by atoms with E-state index in [0.29, 0.717) is 35.5 Å². The molecule has 1 aliphatic rings. The lowest BCUT2D eigenvalue weighted by atomic mass is 9.94. The molecule has 11 heteroatoms. The van der Waals surface area contributed by atoms with E-state index >= 15 is 0 Å². The van der Waals surface area contributed by atoms with Crippen LogP contribution in [0, 0.1) is 0 Å². The molecule has 3 rings (SSSR count). The summed E-state index contributed by atoms with van der Waals surface area (Å²) in [5.41, 5.74) is 1.18. The third-order valence-corrected chi connectivity index (χ3v) is 5.42. The van der Waals surface area contributed by atoms with Gasteiger partial charge in [-0.05, 0) is 55.3 Å². The van der Waals surface area contributed by atoms with Crippen LogP contribution in [0.25, 0.3) is 0 Å². The second-order valence-electron chi connectivity index (χ2n) is 7.80. The summed E-state index contributed by atoms with van der Waals surface area (Å²) in [6.07, 6.45) is -3.76. The summed E-state index contributed by atoms with van der Waals surface area (Å²) in [5.74, 6) is -0.563. The minimum absolute atomic E-state index is 0.192. The molecule has 0 bridgehead atoms. The van der Waals surface area contributed by atoms with E-state index in [2.05, 4.69) is 16.0 Å². The summed E-state index contributed by atoms with van der Waals surface area (Å²) in [5, 5.41) is 7.86. The molecule has 1 heterocycles. The fraction of sp³-hybridized carbons (Fsp3) is 0.292. The number of ether oxygens (including phenoxy) is 1. The summed E-state index contributed by atoms with van der Waals surface area (Å²) >= 11 is 0. The van der Waals surface area contributed by atoms with E-state index in [0.717, 1.165) is 24.3 Å². The predicted molar refractivity (Wildman–Crippen MR) is 124 cm³/mol. The highest BCUT2D eigenvalue weighted by Gasteiger charge is 2.36. The van der Waals surface area contributed by atoms with Crippen molar-refractivity contribution in [3.63, 3.8) is 0 Å². The van der Waals surface area contributed by atoms with Gasteiger partial charge in [0.2, 0.25) is 0 Å². The molecule has 0 radical (unpaired) electrons. The molecule has 0 saturated heterocycles. The van der Waals surface area contributed by atoms with Gasteiger partial charge in [-0.25, -0.2) is 14.4 Å². The standard InChI is InChI=1S/C24H25F3N4O4/c1-4-13-31-14(2)19(21(32)35-3)20(30-23(31)34)15-5-9-17(10-6-15)28-22(33)29-18-11-7-16(8-12-18)24(25,26)27/h5-12,20H,4,13H2,1-3H3,(H,30,34)(H2,28,29,33). The van der Waals surface area contributed by atoms with Crippen LogP contribution in [0.4, 0.5) is 34.1 Å². The van der Waals surface area contributed by atoms with Crippen molar-refractivity contribution in [3.05, 3.63) is 70.9 Å². The number of esters is 1. The van der Waals surface area contributed by atoms with E-state index in [1.807, 2.05) is 6.92 Å².